The van der Waals surface area contributed by atoms with Crippen LogP contribution < -0.4 is 5.73 Å². The van der Waals surface area contributed by atoms with Crippen LogP contribution in [0.25, 0.3) is 0 Å². The molecule has 0 heterocycles. The Labute approximate surface area is 127 Å². The van der Waals surface area contributed by atoms with Gasteiger partial charge in [-0.1, -0.05) is 26.0 Å². The molecule has 5 nitrogen and oxygen atoms in total. The van der Waals surface area contributed by atoms with Crippen molar-refractivity contribution in [3.63, 3.8) is 0 Å². The van der Waals surface area contributed by atoms with Gasteiger partial charge in [-0.3, -0.25) is 4.79 Å². The lowest BCUT2D eigenvalue weighted by Crippen LogP contribution is -2.35. The van der Waals surface area contributed by atoms with Gasteiger partial charge in [0.05, 0.1) is 10.5 Å². The van der Waals surface area contributed by atoms with Crippen molar-refractivity contribution in [2.24, 2.45) is 11.7 Å². The largest absolute Gasteiger partial charge is 0.342 e. The SMILES string of the molecule is CC(C)C(N)CCN(C)C(=O)c1ccccc1S(C)(=O)=O. The van der Waals surface area contributed by atoms with Gasteiger partial charge >= 0.3 is 0 Å². The second kappa shape index (κ2) is 7.04. The summed E-state index contributed by atoms with van der Waals surface area (Å²) >= 11 is 0. The first-order valence-electron chi connectivity index (χ1n) is 6.94. The second-order valence-corrected chi connectivity index (χ2v) is 7.68. The quantitative estimate of drug-likeness (QED) is 0.864. The molecule has 0 aromatic heterocycles. The van der Waals surface area contributed by atoms with Crippen LogP contribution >= 0.6 is 0 Å². The van der Waals surface area contributed by atoms with Gasteiger partial charge < -0.3 is 10.6 Å². The van der Waals surface area contributed by atoms with Crippen LogP contribution in [0.3, 0.4) is 0 Å². The van der Waals surface area contributed by atoms with E-state index in [9.17, 15) is 13.2 Å². The summed E-state index contributed by atoms with van der Waals surface area (Å²) in [5.41, 5.74) is 6.18. The first-order valence-corrected chi connectivity index (χ1v) is 8.84. The van der Waals surface area contributed by atoms with E-state index in [4.69, 9.17) is 5.73 Å². The van der Waals surface area contributed by atoms with E-state index in [1.807, 2.05) is 13.8 Å². The van der Waals surface area contributed by atoms with Gasteiger partial charge in [0.15, 0.2) is 9.84 Å². The molecule has 118 valence electrons. The summed E-state index contributed by atoms with van der Waals surface area (Å²) in [5.74, 6) is 0.0452. The van der Waals surface area contributed by atoms with E-state index in [2.05, 4.69) is 0 Å². The monoisotopic (exact) mass is 312 g/mol. The highest BCUT2D eigenvalue weighted by atomic mass is 32.2. The Bertz CT molecular complexity index is 597. The summed E-state index contributed by atoms with van der Waals surface area (Å²) in [6, 6.07) is 6.29. The summed E-state index contributed by atoms with van der Waals surface area (Å²) in [7, 11) is -1.77. The topological polar surface area (TPSA) is 80.5 Å². The van der Waals surface area contributed by atoms with E-state index in [1.54, 1.807) is 19.2 Å². The smallest absolute Gasteiger partial charge is 0.254 e. The van der Waals surface area contributed by atoms with Crippen LogP contribution in [-0.4, -0.2) is 45.1 Å². The van der Waals surface area contributed by atoms with Crippen LogP contribution in [-0.2, 0) is 9.84 Å². The molecule has 0 spiro atoms. The zero-order valence-corrected chi connectivity index (χ0v) is 13.9. The van der Waals surface area contributed by atoms with Crippen LogP contribution in [0, 0.1) is 5.92 Å². The predicted molar refractivity (Wildman–Crippen MR) is 83.9 cm³/mol. The van der Waals surface area contributed by atoms with E-state index in [0.717, 1.165) is 6.26 Å². The molecule has 0 fully saturated rings. The maximum atomic E-state index is 12.4. The average Bonchev–Trinajstić information content (AvgIpc) is 2.42. The van der Waals surface area contributed by atoms with Gasteiger partial charge in [0.2, 0.25) is 0 Å². The molecule has 0 aliphatic carbocycles. The summed E-state index contributed by atoms with van der Waals surface area (Å²) < 4.78 is 23.5. The van der Waals surface area contributed by atoms with E-state index < -0.39 is 9.84 Å². The number of nitrogens with two attached hydrogens (primary N) is 1. The van der Waals surface area contributed by atoms with Crippen molar-refractivity contribution in [3.8, 4) is 0 Å². The molecule has 21 heavy (non-hydrogen) atoms. The van der Waals surface area contributed by atoms with Crippen molar-refractivity contribution in [1.82, 2.24) is 4.90 Å². The number of hydrogen-bond acceptors (Lipinski definition) is 4. The maximum absolute atomic E-state index is 12.4. The van der Waals surface area contributed by atoms with Gasteiger partial charge in [-0.05, 0) is 24.5 Å². The normalized spacial score (nSPS) is 13.2. The number of benzene rings is 1. The Morgan fingerprint density at radius 1 is 1.29 bits per heavy atom. The van der Waals surface area contributed by atoms with Crippen molar-refractivity contribution in [2.75, 3.05) is 19.8 Å². The molecule has 1 unspecified atom stereocenters. The van der Waals surface area contributed by atoms with Gasteiger partial charge in [0.1, 0.15) is 0 Å². The highest BCUT2D eigenvalue weighted by Crippen LogP contribution is 2.17. The maximum Gasteiger partial charge on any atom is 0.254 e. The third-order valence-electron chi connectivity index (χ3n) is 3.52. The number of nitrogens with zero attached hydrogens (tertiary/aromatic N) is 1. The minimum atomic E-state index is -3.43. The van der Waals surface area contributed by atoms with Crippen molar-refractivity contribution >= 4 is 15.7 Å². The fourth-order valence-corrected chi connectivity index (χ4v) is 2.83. The Kier molecular flexibility index (Phi) is 5.92. The Balaban J connectivity index is 2.89. The van der Waals surface area contributed by atoms with Gasteiger partial charge in [-0.15, -0.1) is 0 Å². The van der Waals surface area contributed by atoms with Gasteiger partial charge in [0, 0.05) is 25.9 Å². The molecule has 1 aromatic carbocycles. The zero-order valence-electron chi connectivity index (χ0n) is 13.0. The fourth-order valence-electron chi connectivity index (χ4n) is 1.95. The van der Waals surface area contributed by atoms with Crippen LogP contribution in [0.2, 0.25) is 0 Å². The summed E-state index contributed by atoms with van der Waals surface area (Å²) in [5, 5.41) is 0. The lowest BCUT2D eigenvalue weighted by atomic mass is 10.0. The lowest BCUT2D eigenvalue weighted by molar-refractivity contribution is 0.0785. The standard InChI is InChI=1S/C15H24N2O3S/c1-11(2)13(16)9-10-17(3)15(18)12-7-5-6-8-14(12)21(4,19)20/h5-8,11,13H,9-10,16H2,1-4H3. The number of rotatable bonds is 6. The molecule has 0 saturated carbocycles. The molecule has 1 rings (SSSR count). The Morgan fingerprint density at radius 2 is 1.86 bits per heavy atom. The number of carbonyl (C=O) groups is 1. The van der Waals surface area contributed by atoms with Crippen molar-refractivity contribution in [2.45, 2.75) is 31.2 Å². The average molecular weight is 312 g/mol. The first kappa shape index (κ1) is 17.7. The minimum absolute atomic E-state index is 0.0189. The molecule has 1 atom stereocenters. The van der Waals surface area contributed by atoms with E-state index in [1.165, 1.54) is 17.0 Å². The van der Waals surface area contributed by atoms with Crippen LogP contribution in [0.1, 0.15) is 30.6 Å². The molecular weight excluding hydrogens is 288 g/mol. The van der Waals surface area contributed by atoms with Crippen molar-refractivity contribution < 1.29 is 13.2 Å². The minimum Gasteiger partial charge on any atom is -0.342 e. The third-order valence-corrected chi connectivity index (χ3v) is 4.67. The molecule has 0 aliphatic rings. The molecular formula is C15H24N2O3S. The molecule has 1 aromatic rings. The summed E-state index contributed by atoms with van der Waals surface area (Å²) in [6.07, 6.45) is 1.79. The van der Waals surface area contributed by atoms with Crippen LogP contribution in [0.5, 0.6) is 0 Å². The molecule has 6 heteroatoms. The zero-order chi connectivity index (χ0) is 16.2. The molecule has 0 radical (unpaired) electrons. The van der Waals surface area contributed by atoms with Gasteiger partial charge in [0.25, 0.3) is 5.91 Å². The van der Waals surface area contributed by atoms with Crippen LogP contribution in [0.4, 0.5) is 0 Å². The summed E-state index contributed by atoms with van der Waals surface area (Å²) in [6.45, 7) is 4.56. The highest BCUT2D eigenvalue weighted by molar-refractivity contribution is 7.90. The lowest BCUT2D eigenvalue weighted by Gasteiger charge is -2.22. The van der Waals surface area contributed by atoms with E-state index in [0.29, 0.717) is 18.9 Å². The molecule has 0 saturated heterocycles. The first-order chi connectivity index (χ1) is 9.64. The number of carbonyl (C=O) groups excluding carboxylic acids is 1. The summed E-state index contributed by atoms with van der Waals surface area (Å²) in [4.78, 5) is 14.0. The van der Waals surface area contributed by atoms with E-state index in [-0.39, 0.29) is 22.4 Å². The third kappa shape index (κ3) is 4.82. The molecule has 2 N–H and O–H groups in total. The highest BCUT2D eigenvalue weighted by Gasteiger charge is 2.21. The van der Waals surface area contributed by atoms with Gasteiger partial charge in [-0.2, -0.15) is 0 Å². The fraction of sp³-hybridized carbons (Fsp3) is 0.533. The molecule has 1 amide bonds. The second-order valence-electron chi connectivity index (χ2n) is 5.69. The van der Waals surface area contributed by atoms with Crippen molar-refractivity contribution in [1.29, 1.82) is 0 Å². The number of hydrogen-bond donors (Lipinski definition) is 1. The predicted octanol–water partition coefficient (Wildman–Crippen LogP) is 1.54. The van der Waals surface area contributed by atoms with E-state index >= 15 is 0 Å². The molecule has 0 aliphatic heterocycles. The van der Waals surface area contributed by atoms with Gasteiger partial charge in [-0.25, -0.2) is 8.42 Å². The number of amides is 1. The van der Waals surface area contributed by atoms with Crippen molar-refractivity contribution in [3.05, 3.63) is 29.8 Å². The Morgan fingerprint density at radius 3 is 2.38 bits per heavy atom. The number of sulfone groups is 1. The molecule has 0 bridgehead atoms. The Hall–Kier alpha value is -1.40. The van der Waals surface area contributed by atoms with Crippen LogP contribution in [0.15, 0.2) is 29.2 Å².